The number of fused-ring (bicyclic) bond motifs is 1. The molecule has 32 heavy (non-hydrogen) atoms. The minimum atomic E-state index is -0.246. The summed E-state index contributed by atoms with van der Waals surface area (Å²) in [6, 6.07) is 19.1. The Morgan fingerprint density at radius 3 is 2.56 bits per heavy atom. The quantitative estimate of drug-likeness (QED) is 0.206. The number of hydrogen-bond donors (Lipinski definition) is 1. The second kappa shape index (κ2) is 12.5. The molecule has 0 aliphatic heterocycles. The Morgan fingerprint density at radius 2 is 1.72 bits per heavy atom. The van der Waals surface area contributed by atoms with Crippen LogP contribution in [0.5, 0.6) is 11.5 Å². The molecule has 0 saturated carbocycles. The molecule has 0 aliphatic carbocycles. The molecule has 0 heterocycles. The standard InChI is InChI=1S/C27H32N2O3/c1-3-4-5-6-7-10-18-32-25-17-16-21(19-26(25)31-2)20-28-29-27(30)24-15-11-13-22-12-8-9-14-23(22)24/h8-9,11-17,19-20H,3-7,10,18H2,1-2H3,(H,29,30)/b28-20+. The molecule has 0 bridgehead atoms. The van der Waals surface area contributed by atoms with Gasteiger partial charge in [0, 0.05) is 5.56 Å². The predicted molar refractivity (Wildman–Crippen MR) is 131 cm³/mol. The molecule has 0 saturated heterocycles. The van der Waals surface area contributed by atoms with Crippen molar-refractivity contribution < 1.29 is 14.3 Å². The van der Waals surface area contributed by atoms with Gasteiger partial charge in [-0.15, -0.1) is 0 Å². The molecule has 0 unspecified atom stereocenters. The number of benzene rings is 3. The van der Waals surface area contributed by atoms with Crippen molar-refractivity contribution in [1.29, 1.82) is 0 Å². The lowest BCUT2D eigenvalue weighted by atomic mass is 10.0. The summed E-state index contributed by atoms with van der Waals surface area (Å²) >= 11 is 0. The SMILES string of the molecule is CCCCCCCCOc1ccc(/C=N/NC(=O)c2cccc3ccccc23)cc1OC. The van der Waals surface area contributed by atoms with E-state index in [-0.39, 0.29) is 5.91 Å². The Kier molecular flexibility index (Phi) is 9.11. The fourth-order valence-electron chi connectivity index (χ4n) is 3.60. The van der Waals surface area contributed by atoms with E-state index in [4.69, 9.17) is 9.47 Å². The molecule has 5 nitrogen and oxygen atoms in total. The monoisotopic (exact) mass is 432 g/mol. The molecular formula is C27H32N2O3. The van der Waals surface area contributed by atoms with Gasteiger partial charge in [0.1, 0.15) is 0 Å². The van der Waals surface area contributed by atoms with E-state index in [1.807, 2.05) is 54.6 Å². The number of carbonyl (C=O) groups excluding carboxylic acids is 1. The highest BCUT2D eigenvalue weighted by atomic mass is 16.5. The Morgan fingerprint density at radius 1 is 0.938 bits per heavy atom. The van der Waals surface area contributed by atoms with Crippen LogP contribution < -0.4 is 14.9 Å². The van der Waals surface area contributed by atoms with Gasteiger partial charge in [0.15, 0.2) is 11.5 Å². The molecule has 1 amide bonds. The average molecular weight is 433 g/mol. The number of ether oxygens (including phenoxy) is 2. The van der Waals surface area contributed by atoms with Crippen LogP contribution in [0.4, 0.5) is 0 Å². The zero-order chi connectivity index (χ0) is 22.6. The predicted octanol–water partition coefficient (Wildman–Crippen LogP) is 6.35. The van der Waals surface area contributed by atoms with E-state index in [0.717, 1.165) is 28.5 Å². The van der Waals surface area contributed by atoms with Gasteiger partial charge in [-0.25, -0.2) is 5.43 Å². The third kappa shape index (κ3) is 6.58. The maximum absolute atomic E-state index is 12.6. The second-order valence-electron chi connectivity index (χ2n) is 7.75. The van der Waals surface area contributed by atoms with Gasteiger partial charge in [-0.2, -0.15) is 5.10 Å². The first kappa shape index (κ1) is 23.3. The van der Waals surface area contributed by atoms with E-state index in [0.29, 0.717) is 17.9 Å². The highest BCUT2D eigenvalue weighted by Crippen LogP contribution is 2.28. The molecule has 0 aromatic heterocycles. The van der Waals surface area contributed by atoms with Crippen molar-refractivity contribution in [2.75, 3.05) is 13.7 Å². The van der Waals surface area contributed by atoms with Crippen molar-refractivity contribution in [3.63, 3.8) is 0 Å². The Bertz CT molecular complexity index is 1040. The summed E-state index contributed by atoms with van der Waals surface area (Å²) in [7, 11) is 1.62. The summed E-state index contributed by atoms with van der Waals surface area (Å²) in [6.07, 6.45) is 8.94. The third-order valence-corrected chi connectivity index (χ3v) is 5.36. The maximum atomic E-state index is 12.6. The first-order valence-corrected chi connectivity index (χ1v) is 11.3. The summed E-state index contributed by atoms with van der Waals surface area (Å²) in [5, 5.41) is 6.04. The van der Waals surface area contributed by atoms with E-state index in [1.165, 1.54) is 32.1 Å². The van der Waals surface area contributed by atoms with Crippen LogP contribution in [-0.4, -0.2) is 25.8 Å². The largest absolute Gasteiger partial charge is 0.493 e. The van der Waals surface area contributed by atoms with Crippen LogP contribution in [0.1, 0.15) is 61.4 Å². The Labute approximate surface area is 190 Å². The highest BCUT2D eigenvalue weighted by molar-refractivity contribution is 6.07. The molecular weight excluding hydrogens is 400 g/mol. The minimum Gasteiger partial charge on any atom is -0.493 e. The number of amides is 1. The Hall–Kier alpha value is -3.34. The van der Waals surface area contributed by atoms with Gasteiger partial charge in [-0.3, -0.25) is 4.79 Å². The molecule has 0 atom stereocenters. The van der Waals surface area contributed by atoms with Gasteiger partial charge in [0.05, 0.1) is 19.9 Å². The number of nitrogens with one attached hydrogen (secondary N) is 1. The van der Waals surface area contributed by atoms with Gasteiger partial charge in [-0.1, -0.05) is 75.4 Å². The van der Waals surface area contributed by atoms with Crippen molar-refractivity contribution in [2.45, 2.75) is 45.4 Å². The van der Waals surface area contributed by atoms with Crippen LogP contribution in [0, 0.1) is 0 Å². The highest BCUT2D eigenvalue weighted by Gasteiger charge is 2.09. The van der Waals surface area contributed by atoms with Gasteiger partial charge in [-0.05, 0) is 47.0 Å². The lowest BCUT2D eigenvalue weighted by Crippen LogP contribution is -2.17. The fraction of sp³-hybridized carbons (Fsp3) is 0.333. The molecule has 3 aromatic rings. The van der Waals surface area contributed by atoms with Crippen molar-refractivity contribution in [3.8, 4) is 11.5 Å². The summed E-state index contributed by atoms with van der Waals surface area (Å²) in [4.78, 5) is 12.6. The summed E-state index contributed by atoms with van der Waals surface area (Å²) < 4.78 is 11.4. The summed E-state index contributed by atoms with van der Waals surface area (Å²) in [6.45, 7) is 2.90. The van der Waals surface area contributed by atoms with Crippen molar-refractivity contribution >= 4 is 22.9 Å². The van der Waals surface area contributed by atoms with Crippen molar-refractivity contribution in [2.24, 2.45) is 5.10 Å². The fourth-order valence-corrected chi connectivity index (χ4v) is 3.60. The number of methoxy groups -OCH3 is 1. The van der Waals surface area contributed by atoms with E-state index in [1.54, 1.807) is 19.4 Å². The lowest BCUT2D eigenvalue weighted by Gasteiger charge is -2.11. The van der Waals surface area contributed by atoms with E-state index < -0.39 is 0 Å². The van der Waals surface area contributed by atoms with Gasteiger partial charge < -0.3 is 9.47 Å². The third-order valence-electron chi connectivity index (χ3n) is 5.36. The van der Waals surface area contributed by atoms with Gasteiger partial charge in [0.2, 0.25) is 0 Å². The molecule has 0 radical (unpaired) electrons. The molecule has 0 aliphatic rings. The van der Waals surface area contributed by atoms with E-state index >= 15 is 0 Å². The van der Waals surface area contributed by atoms with E-state index in [2.05, 4.69) is 17.5 Å². The zero-order valence-electron chi connectivity index (χ0n) is 19.0. The van der Waals surface area contributed by atoms with Gasteiger partial charge >= 0.3 is 0 Å². The number of rotatable bonds is 12. The van der Waals surface area contributed by atoms with Crippen LogP contribution in [0.3, 0.4) is 0 Å². The molecule has 1 N–H and O–H groups in total. The Balaban J connectivity index is 1.54. The maximum Gasteiger partial charge on any atom is 0.271 e. The molecule has 168 valence electrons. The second-order valence-corrected chi connectivity index (χ2v) is 7.75. The van der Waals surface area contributed by atoms with Crippen LogP contribution in [0.25, 0.3) is 10.8 Å². The topological polar surface area (TPSA) is 59.9 Å². The summed E-state index contributed by atoms with van der Waals surface area (Å²) in [5.41, 5.74) is 4.02. The molecule has 0 spiro atoms. The smallest absolute Gasteiger partial charge is 0.271 e. The number of nitrogens with zero attached hydrogens (tertiary/aromatic N) is 1. The lowest BCUT2D eigenvalue weighted by molar-refractivity contribution is 0.0957. The van der Waals surface area contributed by atoms with Crippen LogP contribution in [0.15, 0.2) is 65.8 Å². The zero-order valence-corrected chi connectivity index (χ0v) is 19.0. The van der Waals surface area contributed by atoms with Crippen molar-refractivity contribution in [3.05, 3.63) is 71.8 Å². The van der Waals surface area contributed by atoms with Crippen LogP contribution in [-0.2, 0) is 0 Å². The average Bonchev–Trinajstić information content (AvgIpc) is 2.83. The molecule has 3 rings (SSSR count). The normalized spacial score (nSPS) is 11.1. The number of unbranched alkanes of at least 4 members (excludes halogenated alkanes) is 5. The number of hydrazone groups is 1. The molecule has 0 fully saturated rings. The van der Waals surface area contributed by atoms with Crippen LogP contribution in [0.2, 0.25) is 0 Å². The number of hydrogen-bond acceptors (Lipinski definition) is 4. The molecule has 5 heteroatoms. The number of carbonyl (C=O) groups is 1. The first-order chi connectivity index (χ1) is 15.7. The minimum absolute atomic E-state index is 0.246. The van der Waals surface area contributed by atoms with Crippen molar-refractivity contribution in [1.82, 2.24) is 5.43 Å². The first-order valence-electron chi connectivity index (χ1n) is 11.3. The van der Waals surface area contributed by atoms with E-state index in [9.17, 15) is 4.79 Å². The molecule has 3 aromatic carbocycles. The van der Waals surface area contributed by atoms with Gasteiger partial charge in [0.25, 0.3) is 5.91 Å². The van der Waals surface area contributed by atoms with Crippen LogP contribution >= 0.6 is 0 Å². The summed E-state index contributed by atoms with van der Waals surface area (Å²) in [5.74, 6) is 1.13.